The molecule has 1 fully saturated rings. The molecule has 2 heterocycles. The minimum absolute atomic E-state index is 0.244. The zero-order valence-electron chi connectivity index (χ0n) is 10.2. The highest BCUT2D eigenvalue weighted by molar-refractivity contribution is 6.31. The monoisotopic (exact) mass is 257 g/mol. The van der Waals surface area contributed by atoms with Gasteiger partial charge in [0.2, 0.25) is 0 Å². The highest BCUT2D eigenvalue weighted by Crippen LogP contribution is 2.31. The first-order chi connectivity index (χ1) is 8.24. The summed E-state index contributed by atoms with van der Waals surface area (Å²) in [5, 5.41) is 18.6. The average Bonchev–Trinajstić information content (AvgIpc) is 2.71. The van der Waals surface area contributed by atoms with E-state index in [1.54, 1.807) is 6.20 Å². The molecule has 2 unspecified atom stereocenters. The number of aliphatic hydroxyl groups excluding tert-OH is 1. The van der Waals surface area contributed by atoms with Gasteiger partial charge in [-0.1, -0.05) is 18.5 Å². The van der Waals surface area contributed by atoms with E-state index in [0.717, 1.165) is 44.6 Å². The number of rotatable bonds is 4. The Morgan fingerprint density at radius 2 is 2.53 bits per heavy atom. The molecular weight excluding hydrogens is 238 g/mol. The summed E-state index contributed by atoms with van der Waals surface area (Å²) in [6.07, 6.45) is 4.26. The van der Waals surface area contributed by atoms with Crippen molar-refractivity contribution in [1.29, 1.82) is 0 Å². The van der Waals surface area contributed by atoms with Crippen LogP contribution >= 0.6 is 11.6 Å². The Bertz CT molecular complexity index is 361. The van der Waals surface area contributed by atoms with Crippen LogP contribution in [-0.4, -0.2) is 28.0 Å². The minimum Gasteiger partial charge on any atom is -0.386 e. The molecule has 0 aliphatic carbocycles. The lowest BCUT2D eigenvalue weighted by Crippen LogP contribution is -2.34. The van der Waals surface area contributed by atoms with Gasteiger partial charge < -0.3 is 10.4 Å². The van der Waals surface area contributed by atoms with Gasteiger partial charge in [-0.3, -0.25) is 4.68 Å². The van der Waals surface area contributed by atoms with Crippen molar-refractivity contribution in [2.75, 3.05) is 13.1 Å². The number of hydrogen-bond acceptors (Lipinski definition) is 3. The molecule has 2 atom stereocenters. The van der Waals surface area contributed by atoms with E-state index in [9.17, 15) is 5.11 Å². The van der Waals surface area contributed by atoms with Gasteiger partial charge in [0.25, 0.3) is 0 Å². The normalized spacial score (nSPS) is 22.6. The predicted molar refractivity (Wildman–Crippen MR) is 68.1 cm³/mol. The fraction of sp³-hybridized carbons (Fsp3) is 0.750. The van der Waals surface area contributed by atoms with Crippen LogP contribution in [0.15, 0.2) is 6.20 Å². The molecule has 1 aromatic heterocycles. The number of hydrogen-bond donors (Lipinski definition) is 2. The molecule has 0 aromatic carbocycles. The van der Waals surface area contributed by atoms with E-state index in [2.05, 4.69) is 17.3 Å². The molecule has 0 spiro atoms. The van der Waals surface area contributed by atoms with Gasteiger partial charge in [-0.2, -0.15) is 5.10 Å². The molecule has 0 amide bonds. The number of nitrogens with zero attached hydrogens (tertiary/aromatic N) is 2. The number of aliphatic hydroxyl groups is 1. The number of aromatic nitrogens is 2. The van der Waals surface area contributed by atoms with Crippen molar-refractivity contribution in [3.8, 4) is 0 Å². The van der Waals surface area contributed by atoms with Gasteiger partial charge in [0.1, 0.15) is 6.10 Å². The first-order valence-electron chi connectivity index (χ1n) is 6.34. The molecule has 17 heavy (non-hydrogen) atoms. The maximum Gasteiger partial charge on any atom is 0.101 e. The van der Waals surface area contributed by atoms with Crippen LogP contribution in [0.5, 0.6) is 0 Å². The van der Waals surface area contributed by atoms with Crippen molar-refractivity contribution < 1.29 is 5.11 Å². The van der Waals surface area contributed by atoms with Crippen LogP contribution in [0, 0.1) is 5.92 Å². The summed E-state index contributed by atoms with van der Waals surface area (Å²) >= 11 is 6.13. The van der Waals surface area contributed by atoms with Crippen molar-refractivity contribution in [2.24, 2.45) is 5.92 Å². The van der Waals surface area contributed by atoms with Crippen molar-refractivity contribution in [2.45, 2.75) is 38.8 Å². The SMILES string of the molecule is CCCn1ncc(Cl)c1C(O)C1CCCNC1. The molecule has 0 radical (unpaired) electrons. The Balaban J connectivity index is 2.16. The molecular formula is C12H20ClN3O. The summed E-state index contributed by atoms with van der Waals surface area (Å²) in [6.45, 7) is 4.80. The lowest BCUT2D eigenvalue weighted by atomic mass is 9.92. The van der Waals surface area contributed by atoms with Crippen LogP contribution in [0.25, 0.3) is 0 Å². The molecule has 4 nitrogen and oxygen atoms in total. The molecule has 2 N–H and O–H groups in total. The fourth-order valence-electron chi connectivity index (χ4n) is 2.43. The van der Waals surface area contributed by atoms with Gasteiger partial charge in [-0.05, 0) is 25.8 Å². The van der Waals surface area contributed by atoms with Crippen LogP contribution in [0.4, 0.5) is 0 Å². The summed E-state index contributed by atoms with van der Waals surface area (Å²) < 4.78 is 1.83. The summed E-state index contributed by atoms with van der Waals surface area (Å²) in [7, 11) is 0. The summed E-state index contributed by atoms with van der Waals surface area (Å²) in [5.41, 5.74) is 0.780. The standard InChI is InChI=1S/C12H20ClN3O/c1-2-6-16-11(10(13)8-15-16)12(17)9-4-3-5-14-7-9/h8-9,12,14,17H,2-7H2,1H3. The smallest absolute Gasteiger partial charge is 0.101 e. The third-order valence-electron chi connectivity index (χ3n) is 3.33. The Labute approximate surface area is 107 Å². The third-order valence-corrected chi connectivity index (χ3v) is 3.62. The maximum absolute atomic E-state index is 10.4. The minimum atomic E-state index is -0.510. The number of aryl methyl sites for hydroxylation is 1. The molecule has 1 aliphatic heterocycles. The topological polar surface area (TPSA) is 50.1 Å². The van der Waals surface area contributed by atoms with Gasteiger partial charge in [0.15, 0.2) is 0 Å². The van der Waals surface area contributed by atoms with E-state index >= 15 is 0 Å². The highest BCUT2D eigenvalue weighted by Gasteiger charge is 2.27. The van der Waals surface area contributed by atoms with E-state index in [1.807, 2.05) is 4.68 Å². The van der Waals surface area contributed by atoms with E-state index in [0.29, 0.717) is 5.02 Å². The Hall–Kier alpha value is -0.580. The zero-order valence-corrected chi connectivity index (χ0v) is 11.0. The third kappa shape index (κ3) is 2.81. The van der Waals surface area contributed by atoms with E-state index in [-0.39, 0.29) is 5.92 Å². The number of nitrogens with one attached hydrogen (secondary N) is 1. The lowest BCUT2D eigenvalue weighted by Gasteiger charge is -2.28. The molecule has 0 bridgehead atoms. The second-order valence-corrected chi connectivity index (χ2v) is 5.06. The van der Waals surface area contributed by atoms with E-state index in [4.69, 9.17) is 11.6 Å². The van der Waals surface area contributed by atoms with E-state index in [1.165, 1.54) is 0 Å². The molecule has 5 heteroatoms. The number of halogens is 1. The Kier molecular flexibility index (Phi) is 4.42. The van der Waals surface area contributed by atoms with Crippen molar-refractivity contribution >= 4 is 11.6 Å². The van der Waals surface area contributed by atoms with Gasteiger partial charge in [0, 0.05) is 19.0 Å². The molecule has 1 saturated heterocycles. The van der Waals surface area contributed by atoms with Crippen LogP contribution in [0.2, 0.25) is 5.02 Å². The van der Waals surface area contributed by atoms with Crippen molar-refractivity contribution in [3.63, 3.8) is 0 Å². The van der Waals surface area contributed by atoms with Gasteiger partial charge in [-0.15, -0.1) is 0 Å². The van der Waals surface area contributed by atoms with Crippen LogP contribution in [0.1, 0.15) is 38.0 Å². The summed E-state index contributed by atoms with van der Waals surface area (Å²) in [5.74, 6) is 0.244. The van der Waals surface area contributed by atoms with Gasteiger partial charge in [0.05, 0.1) is 16.9 Å². The van der Waals surface area contributed by atoms with Crippen LogP contribution in [-0.2, 0) is 6.54 Å². The van der Waals surface area contributed by atoms with Gasteiger partial charge in [-0.25, -0.2) is 0 Å². The van der Waals surface area contributed by atoms with Crippen molar-refractivity contribution in [1.82, 2.24) is 15.1 Å². The van der Waals surface area contributed by atoms with Gasteiger partial charge >= 0.3 is 0 Å². The lowest BCUT2D eigenvalue weighted by molar-refractivity contribution is 0.0838. The fourth-order valence-corrected chi connectivity index (χ4v) is 2.68. The van der Waals surface area contributed by atoms with Crippen LogP contribution in [0.3, 0.4) is 0 Å². The van der Waals surface area contributed by atoms with E-state index < -0.39 is 6.10 Å². The van der Waals surface area contributed by atoms with Crippen molar-refractivity contribution in [3.05, 3.63) is 16.9 Å². The quantitative estimate of drug-likeness (QED) is 0.867. The Morgan fingerprint density at radius 3 is 3.18 bits per heavy atom. The first kappa shape index (κ1) is 12.9. The Morgan fingerprint density at radius 1 is 1.71 bits per heavy atom. The summed E-state index contributed by atoms with van der Waals surface area (Å²) in [6, 6.07) is 0. The molecule has 2 rings (SSSR count). The predicted octanol–water partition coefficient (Wildman–Crippen LogP) is 1.98. The molecule has 96 valence electrons. The highest BCUT2D eigenvalue weighted by atomic mass is 35.5. The first-order valence-corrected chi connectivity index (χ1v) is 6.71. The zero-order chi connectivity index (χ0) is 12.3. The van der Waals surface area contributed by atoms with Crippen LogP contribution < -0.4 is 5.32 Å². The molecule has 1 aliphatic rings. The maximum atomic E-state index is 10.4. The average molecular weight is 258 g/mol. The second-order valence-electron chi connectivity index (χ2n) is 4.65. The largest absolute Gasteiger partial charge is 0.386 e. The summed E-state index contributed by atoms with van der Waals surface area (Å²) in [4.78, 5) is 0. The number of piperidine rings is 1. The second kappa shape index (κ2) is 5.85. The molecule has 1 aromatic rings. The molecule has 0 saturated carbocycles.